The summed E-state index contributed by atoms with van der Waals surface area (Å²) in [5, 5.41) is 13.8. The Morgan fingerprint density at radius 3 is 2.65 bits per heavy atom. The lowest BCUT2D eigenvalue weighted by Gasteiger charge is -2.07. The maximum Gasteiger partial charge on any atom is 0.149 e. The third kappa shape index (κ3) is 2.96. The molecule has 1 N–H and O–H groups in total. The van der Waals surface area contributed by atoms with Gasteiger partial charge in [-0.2, -0.15) is 0 Å². The van der Waals surface area contributed by atoms with Crippen molar-refractivity contribution in [1.82, 2.24) is 15.5 Å². The standard InChI is InChI=1S/C10H11Br2N3S2/c1-3-6(13-2)10-15-14-9(17-10)5-4-7(11)16-8(5)12/h4,6,13H,3H2,1-2H3. The van der Waals surface area contributed by atoms with Crippen molar-refractivity contribution in [3.8, 4) is 10.6 Å². The maximum atomic E-state index is 4.26. The Labute approximate surface area is 125 Å². The highest BCUT2D eigenvalue weighted by Gasteiger charge is 2.16. The van der Waals surface area contributed by atoms with Crippen LogP contribution in [-0.2, 0) is 0 Å². The molecule has 0 aliphatic heterocycles. The SMILES string of the molecule is CCC(NC)c1nnc(-c2cc(Br)sc2Br)s1. The fourth-order valence-corrected chi connectivity index (χ4v) is 5.53. The van der Waals surface area contributed by atoms with Crippen molar-refractivity contribution in [3.05, 3.63) is 18.6 Å². The molecule has 2 heterocycles. The normalized spacial score (nSPS) is 12.9. The molecule has 2 rings (SSSR count). The summed E-state index contributed by atoms with van der Waals surface area (Å²) in [6.45, 7) is 2.14. The zero-order valence-electron chi connectivity index (χ0n) is 9.33. The second-order valence-corrected chi connectivity index (χ2v) is 8.19. The quantitative estimate of drug-likeness (QED) is 0.828. The highest BCUT2D eigenvalue weighted by atomic mass is 79.9. The highest BCUT2D eigenvalue weighted by molar-refractivity contribution is 9.12. The van der Waals surface area contributed by atoms with Crippen molar-refractivity contribution in [1.29, 1.82) is 0 Å². The summed E-state index contributed by atoms with van der Waals surface area (Å²) < 4.78 is 2.18. The van der Waals surface area contributed by atoms with Crippen LogP contribution in [0, 0.1) is 0 Å². The predicted octanol–water partition coefficient (Wildman–Crippen LogP) is 4.46. The van der Waals surface area contributed by atoms with Gasteiger partial charge in [-0.05, 0) is 51.4 Å². The van der Waals surface area contributed by atoms with Crippen LogP contribution in [0.2, 0.25) is 0 Å². The van der Waals surface area contributed by atoms with Gasteiger partial charge < -0.3 is 5.32 Å². The maximum absolute atomic E-state index is 4.26. The zero-order chi connectivity index (χ0) is 12.4. The third-order valence-electron chi connectivity index (χ3n) is 2.38. The molecule has 3 nitrogen and oxygen atoms in total. The number of hydrogen-bond acceptors (Lipinski definition) is 5. The number of nitrogens with one attached hydrogen (secondary N) is 1. The first kappa shape index (κ1) is 13.6. The van der Waals surface area contributed by atoms with E-state index >= 15 is 0 Å². The van der Waals surface area contributed by atoms with Gasteiger partial charge in [0.1, 0.15) is 10.0 Å². The summed E-state index contributed by atoms with van der Waals surface area (Å²) in [7, 11) is 1.95. The molecule has 0 saturated heterocycles. The fraction of sp³-hybridized carbons (Fsp3) is 0.400. The van der Waals surface area contributed by atoms with E-state index in [1.807, 2.05) is 7.05 Å². The van der Waals surface area contributed by atoms with E-state index in [0.717, 1.165) is 29.6 Å². The van der Waals surface area contributed by atoms with Crippen molar-refractivity contribution in [2.45, 2.75) is 19.4 Å². The molecule has 1 atom stereocenters. The molecule has 0 saturated carbocycles. The average Bonchev–Trinajstić information content (AvgIpc) is 2.87. The van der Waals surface area contributed by atoms with E-state index in [9.17, 15) is 0 Å². The summed E-state index contributed by atoms with van der Waals surface area (Å²) in [5.41, 5.74) is 1.11. The van der Waals surface area contributed by atoms with Crippen molar-refractivity contribution in [2.24, 2.45) is 0 Å². The van der Waals surface area contributed by atoms with Crippen LogP contribution in [0.5, 0.6) is 0 Å². The molecule has 0 amide bonds. The number of hydrogen-bond donors (Lipinski definition) is 1. The minimum absolute atomic E-state index is 0.294. The van der Waals surface area contributed by atoms with Gasteiger partial charge >= 0.3 is 0 Å². The summed E-state index contributed by atoms with van der Waals surface area (Å²) in [4.78, 5) is 0. The molecule has 0 bridgehead atoms. The Morgan fingerprint density at radius 1 is 1.35 bits per heavy atom. The summed E-state index contributed by atoms with van der Waals surface area (Å²) >= 11 is 10.3. The minimum atomic E-state index is 0.294. The molecular formula is C10H11Br2N3S2. The van der Waals surface area contributed by atoms with Crippen LogP contribution < -0.4 is 5.32 Å². The molecular weight excluding hydrogens is 386 g/mol. The van der Waals surface area contributed by atoms with Crippen molar-refractivity contribution >= 4 is 54.5 Å². The summed E-state index contributed by atoms with van der Waals surface area (Å²) in [5.74, 6) is 0. The van der Waals surface area contributed by atoms with E-state index in [2.05, 4.69) is 60.4 Å². The molecule has 17 heavy (non-hydrogen) atoms. The monoisotopic (exact) mass is 395 g/mol. The van der Waals surface area contributed by atoms with E-state index in [1.165, 1.54) is 0 Å². The Hall–Kier alpha value is 0.180. The van der Waals surface area contributed by atoms with Crippen molar-refractivity contribution in [2.75, 3.05) is 7.05 Å². The van der Waals surface area contributed by atoms with Crippen LogP contribution in [0.3, 0.4) is 0 Å². The van der Waals surface area contributed by atoms with Crippen molar-refractivity contribution < 1.29 is 0 Å². The largest absolute Gasteiger partial charge is 0.311 e. The number of aromatic nitrogens is 2. The molecule has 92 valence electrons. The van der Waals surface area contributed by atoms with E-state index in [-0.39, 0.29) is 0 Å². The molecule has 0 spiro atoms. The number of thiophene rings is 1. The Bertz CT molecular complexity index is 505. The lowest BCUT2D eigenvalue weighted by atomic mass is 10.2. The molecule has 0 radical (unpaired) electrons. The number of nitrogens with zero attached hydrogens (tertiary/aromatic N) is 2. The highest BCUT2D eigenvalue weighted by Crippen LogP contribution is 2.40. The lowest BCUT2D eigenvalue weighted by Crippen LogP contribution is -2.14. The van der Waals surface area contributed by atoms with Gasteiger partial charge in [0.2, 0.25) is 0 Å². The lowest BCUT2D eigenvalue weighted by molar-refractivity contribution is 0.568. The molecule has 2 aromatic rings. The van der Waals surface area contributed by atoms with Gasteiger partial charge in [-0.25, -0.2) is 0 Å². The first-order chi connectivity index (χ1) is 8.15. The van der Waals surface area contributed by atoms with E-state index in [1.54, 1.807) is 22.7 Å². The first-order valence-electron chi connectivity index (χ1n) is 5.11. The van der Waals surface area contributed by atoms with E-state index in [4.69, 9.17) is 0 Å². The van der Waals surface area contributed by atoms with Crippen LogP contribution >= 0.6 is 54.5 Å². The second kappa shape index (κ2) is 5.88. The number of halogens is 2. The van der Waals surface area contributed by atoms with Gasteiger partial charge in [-0.3, -0.25) is 0 Å². The molecule has 2 aromatic heterocycles. The van der Waals surface area contributed by atoms with Gasteiger partial charge in [0.15, 0.2) is 0 Å². The average molecular weight is 397 g/mol. The Balaban J connectivity index is 2.32. The fourth-order valence-electron chi connectivity index (χ4n) is 1.47. The molecule has 1 unspecified atom stereocenters. The van der Waals surface area contributed by atoms with E-state index < -0.39 is 0 Å². The molecule has 7 heteroatoms. The van der Waals surface area contributed by atoms with Crippen LogP contribution in [0.15, 0.2) is 13.6 Å². The zero-order valence-corrected chi connectivity index (χ0v) is 14.1. The van der Waals surface area contributed by atoms with Gasteiger partial charge in [0.05, 0.1) is 13.6 Å². The van der Waals surface area contributed by atoms with Crippen LogP contribution in [0.1, 0.15) is 24.4 Å². The van der Waals surface area contributed by atoms with Gasteiger partial charge in [-0.15, -0.1) is 21.5 Å². The molecule has 0 fully saturated rings. The van der Waals surface area contributed by atoms with Gasteiger partial charge in [0, 0.05) is 5.56 Å². The van der Waals surface area contributed by atoms with Crippen LogP contribution in [0.4, 0.5) is 0 Å². The summed E-state index contributed by atoms with van der Waals surface area (Å²) in [6.07, 6.45) is 1.01. The topological polar surface area (TPSA) is 37.8 Å². The van der Waals surface area contributed by atoms with E-state index in [0.29, 0.717) is 6.04 Å². The Kier molecular flexibility index (Phi) is 4.71. The van der Waals surface area contributed by atoms with Gasteiger partial charge in [0.25, 0.3) is 0 Å². The summed E-state index contributed by atoms with van der Waals surface area (Å²) in [6, 6.07) is 2.36. The van der Waals surface area contributed by atoms with Gasteiger partial charge in [-0.1, -0.05) is 18.3 Å². The first-order valence-corrected chi connectivity index (χ1v) is 8.33. The minimum Gasteiger partial charge on any atom is -0.311 e. The smallest absolute Gasteiger partial charge is 0.149 e. The second-order valence-electron chi connectivity index (χ2n) is 3.43. The van der Waals surface area contributed by atoms with Crippen molar-refractivity contribution in [3.63, 3.8) is 0 Å². The molecule has 0 aliphatic carbocycles. The number of rotatable bonds is 4. The Morgan fingerprint density at radius 2 is 2.12 bits per heavy atom. The van der Waals surface area contributed by atoms with Crippen LogP contribution in [0.25, 0.3) is 10.6 Å². The third-order valence-corrected chi connectivity index (χ3v) is 5.79. The van der Waals surface area contributed by atoms with Crippen LogP contribution in [-0.4, -0.2) is 17.2 Å². The molecule has 0 aromatic carbocycles. The predicted molar refractivity (Wildman–Crippen MR) is 80.7 cm³/mol. The molecule has 0 aliphatic rings.